The number of aliphatic hydroxyl groups is 1. The van der Waals surface area contributed by atoms with Gasteiger partial charge in [-0.15, -0.1) is 0 Å². The van der Waals surface area contributed by atoms with Crippen molar-refractivity contribution >= 4 is 38.4 Å². The Morgan fingerprint density at radius 2 is 1.58 bits per heavy atom. The molecule has 5 nitrogen and oxygen atoms in total. The Morgan fingerprint density at radius 3 is 2.26 bits per heavy atom. The van der Waals surface area contributed by atoms with E-state index in [-0.39, 0.29) is 12.4 Å². The summed E-state index contributed by atoms with van der Waals surface area (Å²) < 4.78 is 11.3. The van der Waals surface area contributed by atoms with Crippen molar-refractivity contribution in [1.29, 1.82) is 0 Å². The van der Waals surface area contributed by atoms with Crippen molar-refractivity contribution in [3.05, 3.63) is 84.1 Å². The fourth-order valence-electron chi connectivity index (χ4n) is 5.17. The summed E-state index contributed by atoms with van der Waals surface area (Å²) in [6, 6.07) is 22.9. The number of rotatable bonds is 4. The topological polar surface area (TPSA) is 68.7 Å². The van der Waals surface area contributed by atoms with Crippen LogP contribution in [0, 0.1) is 0 Å². The first-order chi connectivity index (χ1) is 18.3. The molecule has 1 aromatic heterocycles. The molecule has 0 amide bonds. The zero-order valence-electron chi connectivity index (χ0n) is 22.4. The van der Waals surface area contributed by atoms with Crippen LogP contribution in [0.3, 0.4) is 0 Å². The van der Waals surface area contributed by atoms with Gasteiger partial charge in [0.05, 0.1) is 30.8 Å². The fraction of sp³-hybridized carbons (Fsp3) is 0.273. The minimum atomic E-state index is -0.500. The summed E-state index contributed by atoms with van der Waals surface area (Å²) >= 11 is 0. The third kappa shape index (κ3) is 5.07. The molecule has 0 unspecified atom stereocenters. The quantitative estimate of drug-likeness (QED) is 0.209. The maximum atomic E-state index is 12.7. The Kier molecular flexibility index (Phi) is 7.04. The zero-order valence-corrected chi connectivity index (χ0v) is 22.4. The number of carbonyl (C=O) groups excluding carboxylic acids is 1. The molecule has 1 aliphatic rings. The minimum Gasteiger partial charge on any atom is -0.493 e. The number of aromatic nitrogens is 1. The second kappa shape index (κ2) is 10.4. The van der Waals surface area contributed by atoms with Crippen LogP contribution in [0.15, 0.2) is 72.9 Å². The number of nitrogens with zero attached hydrogens (tertiary/aromatic N) is 1. The Balaban J connectivity index is 0.000000540. The third-order valence-corrected chi connectivity index (χ3v) is 6.51. The molecule has 0 radical (unpaired) electrons. The van der Waals surface area contributed by atoms with Gasteiger partial charge in [0.15, 0.2) is 0 Å². The monoisotopic (exact) mass is 507 g/mol. The molecule has 0 saturated heterocycles. The summed E-state index contributed by atoms with van der Waals surface area (Å²) in [5.74, 6) is 0.651. The molecular weight excluding hydrogens is 474 g/mol. The van der Waals surface area contributed by atoms with Gasteiger partial charge in [-0.2, -0.15) is 0 Å². The summed E-state index contributed by atoms with van der Waals surface area (Å²) in [6.45, 7) is 8.11. The summed E-state index contributed by atoms with van der Waals surface area (Å²) in [5, 5.41) is 14.1. The second-order valence-electron chi connectivity index (χ2n) is 10.5. The molecule has 2 heterocycles. The lowest BCUT2D eigenvalue weighted by Gasteiger charge is -2.22. The summed E-state index contributed by atoms with van der Waals surface area (Å²) in [7, 11) is 0. The van der Waals surface area contributed by atoms with Crippen LogP contribution in [0.2, 0.25) is 0 Å². The third-order valence-electron chi connectivity index (χ3n) is 6.51. The van der Waals surface area contributed by atoms with Crippen LogP contribution in [-0.4, -0.2) is 34.9 Å². The molecule has 0 saturated carbocycles. The van der Waals surface area contributed by atoms with E-state index in [1.54, 1.807) is 20.8 Å². The largest absolute Gasteiger partial charge is 0.493 e. The van der Waals surface area contributed by atoms with E-state index >= 15 is 0 Å². The van der Waals surface area contributed by atoms with Gasteiger partial charge in [0.25, 0.3) is 0 Å². The first kappa shape index (κ1) is 25.7. The van der Waals surface area contributed by atoms with Crippen LogP contribution in [0.1, 0.15) is 38.8 Å². The molecule has 5 heteroatoms. The number of fused-ring (bicyclic) bond motifs is 3. The SMILES string of the molecule is CC(C)(C)O.CCOC(=O)Cc1c(-c2ccc3c4c(ccnc24)CCO3)c2ccccc2c2ccccc12. The van der Waals surface area contributed by atoms with E-state index in [0.29, 0.717) is 13.2 Å². The van der Waals surface area contributed by atoms with Gasteiger partial charge < -0.3 is 14.6 Å². The average Bonchev–Trinajstić information content (AvgIpc) is 2.89. The molecule has 0 atom stereocenters. The fourth-order valence-corrected chi connectivity index (χ4v) is 5.17. The molecule has 194 valence electrons. The Morgan fingerprint density at radius 1 is 0.947 bits per heavy atom. The highest BCUT2D eigenvalue weighted by atomic mass is 16.5. The summed E-state index contributed by atoms with van der Waals surface area (Å²) in [6.07, 6.45) is 2.95. The van der Waals surface area contributed by atoms with E-state index in [0.717, 1.165) is 61.3 Å². The van der Waals surface area contributed by atoms with E-state index in [1.165, 1.54) is 5.56 Å². The van der Waals surface area contributed by atoms with Gasteiger partial charge in [-0.3, -0.25) is 9.78 Å². The molecule has 1 aliphatic heterocycles. The molecule has 0 fully saturated rings. The minimum absolute atomic E-state index is 0.202. The zero-order chi connectivity index (χ0) is 26.9. The van der Waals surface area contributed by atoms with Gasteiger partial charge in [0.2, 0.25) is 0 Å². The van der Waals surface area contributed by atoms with Crippen molar-refractivity contribution in [2.24, 2.45) is 0 Å². The number of hydrogen-bond donors (Lipinski definition) is 1. The number of pyridine rings is 1. The standard InChI is InChI=1S/C29H23NO3.C4H10O/c1-2-32-26(31)17-24-21-9-4-3-7-19(21)20-8-5-6-10-22(20)28(24)23-11-12-25-27-18(14-16-33-25)13-15-30-29(23)27;1-4(2,3)5/h3-13,15H,2,14,16-17H2,1H3;5H,1-3H3. The Labute approximate surface area is 223 Å². The lowest BCUT2D eigenvalue weighted by atomic mass is 9.85. The first-order valence-electron chi connectivity index (χ1n) is 13.1. The molecule has 0 aliphatic carbocycles. The van der Waals surface area contributed by atoms with Crippen LogP contribution in [0.4, 0.5) is 0 Å². The molecule has 6 rings (SSSR count). The first-order valence-corrected chi connectivity index (χ1v) is 13.1. The number of benzene rings is 4. The van der Waals surface area contributed by atoms with Crippen molar-refractivity contribution in [1.82, 2.24) is 4.98 Å². The van der Waals surface area contributed by atoms with Crippen molar-refractivity contribution in [3.8, 4) is 16.9 Å². The molecule has 1 N–H and O–H groups in total. The van der Waals surface area contributed by atoms with Gasteiger partial charge in [0, 0.05) is 23.6 Å². The van der Waals surface area contributed by atoms with Crippen LogP contribution in [-0.2, 0) is 22.4 Å². The van der Waals surface area contributed by atoms with Crippen LogP contribution in [0.25, 0.3) is 43.6 Å². The van der Waals surface area contributed by atoms with Gasteiger partial charge in [-0.1, -0.05) is 48.5 Å². The lowest BCUT2D eigenvalue weighted by Crippen LogP contribution is -2.11. The van der Waals surface area contributed by atoms with E-state index in [9.17, 15) is 4.79 Å². The summed E-state index contributed by atoms with van der Waals surface area (Å²) in [4.78, 5) is 17.6. The number of esters is 1. The van der Waals surface area contributed by atoms with Gasteiger partial charge >= 0.3 is 5.97 Å². The van der Waals surface area contributed by atoms with Crippen LogP contribution < -0.4 is 4.74 Å². The van der Waals surface area contributed by atoms with E-state index in [2.05, 4.69) is 48.5 Å². The van der Waals surface area contributed by atoms with E-state index < -0.39 is 5.60 Å². The smallest absolute Gasteiger partial charge is 0.310 e. The van der Waals surface area contributed by atoms with Gasteiger partial charge in [0.1, 0.15) is 5.75 Å². The molecule has 0 spiro atoms. The molecule has 38 heavy (non-hydrogen) atoms. The Bertz CT molecular complexity index is 1630. The maximum Gasteiger partial charge on any atom is 0.310 e. The van der Waals surface area contributed by atoms with E-state index in [1.807, 2.05) is 31.3 Å². The normalized spacial score (nSPS) is 12.7. The molecule has 5 aromatic rings. The highest BCUT2D eigenvalue weighted by molar-refractivity contribution is 6.19. The maximum absolute atomic E-state index is 12.7. The van der Waals surface area contributed by atoms with Crippen LogP contribution in [0.5, 0.6) is 5.75 Å². The highest BCUT2D eigenvalue weighted by Gasteiger charge is 2.23. The van der Waals surface area contributed by atoms with Gasteiger partial charge in [-0.25, -0.2) is 0 Å². The highest BCUT2D eigenvalue weighted by Crippen LogP contribution is 2.44. The van der Waals surface area contributed by atoms with Crippen molar-refractivity contribution < 1.29 is 19.4 Å². The number of carbonyl (C=O) groups is 1. The van der Waals surface area contributed by atoms with Crippen molar-refractivity contribution in [2.45, 2.75) is 46.1 Å². The van der Waals surface area contributed by atoms with Crippen molar-refractivity contribution in [3.63, 3.8) is 0 Å². The number of hydrogen-bond acceptors (Lipinski definition) is 5. The molecule has 0 bridgehead atoms. The average molecular weight is 508 g/mol. The number of ether oxygens (including phenoxy) is 2. The summed E-state index contributed by atoms with van der Waals surface area (Å²) in [5.41, 5.74) is 4.69. The molecular formula is C33H33NO4. The predicted octanol–water partition coefficient (Wildman–Crippen LogP) is 7.03. The second-order valence-corrected chi connectivity index (χ2v) is 10.5. The van der Waals surface area contributed by atoms with Gasteiger partial charge in [-0.05, 0) is 84.1 Å². The van der Waals surface area contributed by atoms with Crippen LogP contribution >= 0.6 is 0 Å². The van der Waals surface area contributed by atoms with E-state index in [4.69, 9.17) is 19.6 Å². The molecule has 4 aromatic carbocycles. The Hall–Kier alpha value is -3.96. The predicted molar refractivity (Wildman–Crippen MR) is 154 cm³/mol. The van der Waals surface area contributed by atoms with Crippen molar-refractivity contribution in [2.75, 3.05) is 13.2 Å². The lowest BCUT2D eigenvalue weighted by molar-refractivity contribution is -0.142.